The third-order valence-electron chi connectivity index (χ3n) is 3.72. The number of rotatable bonds is 1. The molecule has 1 aliphatic heterocycles. The lowest BCUT2D eigenvalue weighted by Crippen LogP contribution is -2.27. The molecule has 4 unspecified atom stereocenters. The minimum absolute atomic E-state index is 0.531. The summed E-state index contributed by atoms with van der Waals surface area (Å²) in [6.07, 6.45) is 6.78. The first-order valence-electron chi connectivity index (χ1n) is 5.19. The van der Waals surface area contributed by atoms with Crippen LogP contribution in [-0.4, -0.2) is 17.5 Å². The van der Waals surface area contributed by atoms with Crippen molar-refractivity contribution < 1.29 is 4.65 Å². The van der Waals surface area contributed by atoms with Crippen molar-refractivity contribution in [2.45, 2.75) is 43.9 Å². The summed E-state index contributed by atoms with van der Waals surface area (Å²) in [7, 11) is 0. The van der Waals surface area contributed by atoms with E-state index in [1.54, 1.807) is 0 Å². The Morgan fingerprint density at radius 2 is 2.25 bits per heavy atom. The highest BCUT2D eigenvalue weighted by Gasteiger charge is 2.53. The lowest BCUT2D eigenvalue weighted by atomic mass is 9.92. The molecular weight excluding hydrogens is 167 g/mol. The summed E-state index contributed by atoms with van der Waals surface area (Å²) < 4.78 is 6.03. The number of fused-ring (bicyclic) bond motifs is 5. The van der Waals surface area contributed by atoms with Crippen LogP contribution in [0.25, 0.3) is 0 Å². The van der Waals surface area contributed by atoms with E-state index in [2.05, 4.69) is 18.5 Å². The van der Waals surface area contributed by atoms with Gasteiger partial charge in [0, 0.05) is 5.25 Å². The Kier molecular flexibility index (Phi) is 1.73. The monoisotopic (exact) mass is 182 g/mol. The van der Waals surface area contributed by atoms with E-state index in [4.69, 9.17) is 4.65 Å². The van der Waals surface area contributed by atoms with Gasteiger partial charge in [0.25, 0.3) is 0 Å². The van der Waals surface area contributed by atoms with E-state index >= 15 is 0 Å². The van der Waals surface area contributed by atoms with Gasteiger partial charge in [-0.2, -0.15) is 11.6 Å². The molecule has 2 aliphatic carbocycles. The maximum absolute atomic E-state index is 6.03. The lowest BCUT2D eigenvalue weighted by molar-refractivity contribution is 0.158. The van der Waals surface area contributed by atoms with E-state index in [1.807, 2.05) is 0 Å². The van der Waals surface area contributed by atoms with Crippen LogP contribution in [0.1, 0.15) is 26.2 Å². The lowest BCUT2D eigenvalue weighted by Gasteiger charge is -2.22. The maximum atomic E-state index is 6.03. The minimum Gasteiger partial charge on any atom is -0.421 e. The van der Waals surface area contributed by atoms with Crippen molar-refractivity contribution in [2.75, 3.05) is 0 Å². The van der Waals surface area contributed by atoms with Crippen LogP contribution in [0.4, 0.5) is 0 Å². The van der Waals surface area contributed by atoms with Gasteiger partial charge < -0.3 is 4.65 Å². The predicted octanol–water partition coefficient (Wildman–Crippen LogP) is 2.43. The van der Waals surface area contributed by atoms with Crippen LogP contribution >= 0.6 is 11.6 Å². The largest absolute Gasteiger partial charge is 0.421 e. The maximum Gasteiger partial charge on any atom is 0.361 e. The molecule has 0 spiro atoms. The van der Waals surface area contributed by atoms with Gasteiger partial charge in [-0.1, -0.05) is 6.92 Å². The third kappa shape index (κ3) is 0.926. The molecule has 12 heavy (non-hydrogen) atoms. The first-order chi connectivity index (χ1) is 5.88. The topological polar surface area (TPSA) is 9.23 Å². The third-order valence-corrected chi connectivity index (χ3v) is 5.43. The molecule has 3 fully saturated rings. The molecule has 2 saturated carbocycles. The van der Waals surface area contributed by atoms with E-state index in [0.717, 1.165) is 17.1 Å². The van der Waals surface area contributed by atoms with Gasteiger partial charge in [-0.3, -0.25) is 0 Å². The second-order valence-corrected chi connectivity index (χ2v) is 5.71. The van der Waals surface area contributed by atoms with Gasteiger partial charge in [-0.05, 0) is 37.4 Å². The quantitative estimate of drug-likeness (QED) is 0.576. The van der Waals surface area contributed by atoms with Gasteiger partial charge in [0.1, 0.15) is 0 Å². The fourth-order valence-electron chi connectivity index (χ4n) is 3.14. The Labute approximate surface area is 78.6 Å². The Morgan fingerprint density at radius 3 is 3.00 bits per heavy atom. The number of hydrogen-bond donors (Lipinski definition) is 0. The summed E-state index contributed by atoms with van der Waals surface area (Å²) in [6.45, 7) is 2.24. The van der Waals surface area contributed by atoms with E-state index < -0.39 is 0 Å². The first-order valence-corrected chi connectivity index (χ1v) is 6.13. The molecule has 66 valence electrons. The summed E-state index contributed by atoms with van der Waals surface area (Å²) in [4.78, 5) is 0. The highest BCUT2D eigenvalue weighted by atomic mass is 32.2. The average molecular weight is 182 g/mol. The van der Waals surface area contributed by atoms with E-state index in [9.17, 15) is 0 Å². The second kappa shape index (κ2) is 2.68. The van der Waals surface area contributed by atoms with Gasteiger partial charge in [-0.15, -0.1) is 0 Å². The fourth-order valence-corrected chi connectivity index (χ4v) is 4.78. The summed E-state index contributed by atoms with van der Waals surface area (Å²) in [5, 5.41) is 0.883. The van der Waals surface area contributed by atoms with Crippen molar-refractivity contribution in [1.82, 2.24) is 0 Å². The molecule has 0 radical (unpaired) electrons. The molecule has 0 aromatic carbocycles. The molecule has 1 nitrogen and oxygen atoms in total. The zero-order valence-electron chi connectivity index (χ0n) is 7.53. The smallest absolute Gasteiger partial charge is 0.361 e. The Balaban J connectivity index is 1.78. The average Bonchev–Trinajstić information content (AvgIpc) is 2.75. The summed E-state index contributed by atoms with van der Waals surface area (Å²) in [5.74, 6) is 1.95. The summed E-state index contributed by atoms with van der Waals surface area (Å²) in [6, 6.07) is 0. The first kappa shape index (κ1) is 7.75. The van der Waals surface area contributed by atoms with Crippen molar-refractivity contribution in [2.24, 2.45) is 11.8 Å². The van der Waals surface area contributed by atoms with Crippen LogP contribution in [0, 0.1) is 11.8 Å². The standard InChI is InChI=1S/C9H15BOS/c1-2-10-11-8-6-3-4-7(5-6)9(8)12-10/h6-9H,2-5H2,1H3. The van der Waals surface area contributed by atoms with Crippen LogP contribution in [0.5, 0.6) is 0 Å². The van der Waals surface area contributed by atoms with Crippen LogP contribution in [0.3, 0.4) is 0 Å². The molecule has 0 amide bonds. The molecule has 0 N–H and O–H groups in total. The van der Waals surface area contributed by atoms with E-state index in [-0.39, 0.29) is 0 Å². The van der Waals surface area contributed by atoms with E-state index in [0.29, 0.717) is 12.3 Å². The normalized spacial score (nSPS) is 50.2. The van der Waals surface area contributed by atoms with Gasteiger partial charge in [0.2, 0.25) is 0 Å². The van der Waals surface area contributed by atoms with Crippen LogP contribution in [0.2, 0.25) is 6.32 Å². The molecular formula is C9H15BOS. The van der Waals surface area contributed by atoms with Crippen LogP contribution in [-0.2, 0) is 4.65 Å². The highest BCUT2D eigenvalue weighted by Crippen LogP contribution is 2.55. The van der Waals surface area contributed by atoms with Crippen LogP contribution in [0.15, 0.2) is 0 Å². The second-order valence-electron chi connectivity index (χ2n) is 4.37. The summed E-state index contributed by atoms with van der Waals surface area (Å²) >= 11 is 2.12. The van der Waals surface area contributed by atoms with Gasteiger partial charge >= 0.3 is 6.19 Å². The zero-order valence-corrected chi connectivity index (χ0v) is 8.35. The van der Waals surface area contributed by atoms with E-state index in [1.165, 1.54) is 25.6 Å². The molecule has 2 bridgehead atoms. The molecule has 3 heteroatoms. The Hall–Kier alpha value is 0.375. The SMILES string of the molecule is CCB1OC2C3CCC(C3)C2S1. The van der Waals surface area contributed by atoms with Crippen LogP contribution < -0.4 is 0 Å². The highest BCUT2D eigenvalue weighted by molar-refractivity contribution is 8.25. The van der Waals surface area contributed by atoms with Crippen molar-refractivity contribution in [1.29, 1.82) is 0 Å². The molecule has 1 heterocycles. The Bertz CT molecular complexity index is 181. The Morgan fingerprint density at radius 1 is 1.42 bits per heavy atom. The zero-order chi connectivity index (χ0) is 8.13. The molecule has 1 saturated heterocycles. The van der Waals surface area contributed by atoms with Crippen molar-refractivity contribution in [3.63, 3.8) is 0 Å². The van der Waals surface area contributed by atoms with Gasteiger partial charge in [0.15, 0.2) is 0 Å². The van der Waals surface area contributed by atoms with Crippen molar-refractivity contribution >= 4 is 17.8 Å². The fraction of sp³-hybridized carbons (Fsp3) is 1.00. The molecule has 0 aromatic rings. The van der Waals surface area contributed by atoms with Crippen molar-refractivity contribution in [3.05, 3.63) is 0 Å². The summed E-state index contributed by atoms with van der Waals surface area (Å²) in [5.41, 5.74) is 0. The van der Waals surface area contributed by atoms with Gasteiger partial charge in [-0.25, -0.2) is 0 Å². The number of hydrogen-bond acceptors (Lipinski definition) is 2. The van der Waals surface area contributed by atoms with Gasteiger partial charge in [0.05, 0.1) is 6.10 Å². The molecule has 3 aliphatic rings. The molecule has 4 atom stereocenters. The molecule has 3 rings (SSSR count). The molecule has 0 aromatic heterocycles. The predicted molar refractivity (Wildman–Crippen MR) is 53.3 cm³/mol. The minimum atomic E-state index is 0.531. The van der Waals surface area contributed by atoms with Crippen molar-refractivity contribution in [3.8, 4) is 0 Å².